The van der Waals surface area contributed by atoms with Gasteiger partial charge in [-0.15, -0.1) is 0 Å². The molecule has 8 heteroatoms. The third-order valence-corrected chi connectivity index (χ3v) is 1.20. The average molecular weight is 271 g/mol. The molecular formula is C10H25NO7. The van der Waals surface area contributed by atoms with Crippen LogP contribution in [0.2, 0.25) is 0 Å². The van der Waals surface area contributed by atoms with Crippen LogP contribution in [-0.4, -0.2) is 82.7 Å². The van der Waals surface area contributed by atoms with Crippen molar-refractivity contribution in [3.05, 3.63) is 0 Å². The molecular weight excluding hydrogens is 246 g/mol. The summed E-state index contributed by atoms with van der Waals surface area (Å²) in [5.74, 6) is 0.204. The lowest BCUT2D eigenvalue weighted by Crippen LogP contribution is -2.12. The lowest BCUT2D eigenvalue weighted by molar-refractivity contribution is -0.119. The van der Waals surface area contributed by atoms with Gasteiger partial charge < -0.3 is 36.0 Å². The van der Waals surface area contributed by atoms with Crippen molar-refractivity contribution in [3.8, 4) is 0 Å². The molecule has 1 saturated heterocycles. The molecule has 0 atom stereocenters. The molecule has 0 bridgehead atoms. The van der Waals surface area contributed by atoms with Crippen LogP contribution in [-0.2, 0) is 4.79 Å². The molecule has 1 fully saturated rings. The summed E-state index contributed by atoms with van der Waals surface area (Å²) in [5.41, 5.74) is 0. The fourth-order valence-corrected chi connectivity index (χ4v) is 0.565. The third kappa shape index (κ3) is 36.2. The Kier molecular flexibility index (Phi) is 31.3. The predicted octanol–water partition coefficient (Wildman–Crippen LogP) is -3.19. The summed E-state index contributed by atoms with van der Waals surface area (Å²) >= 11 is 0. The number of aliphatic hydroxyl groups is 6. The third-order valence-electron chi connectivity index (χ3n) is 1.20. The number of carbonyl (C=O) groups excluding carboxylic acids is 1. The van der Waals surface area contributed by atoms with Gasteiger partial charge in [-0.25, -0.2) is 0 Å². The van der Waals surface area contributed by atoms with E-state index in [-0.39, 0.29) is 45.5 Å². The maximum absolute atomic E-state index is 10.1. The Hall–Kier alpha value is -0.770. The molecule has 0 aromatic heterocycles. The van der Waals surface area contributed by atoms with Crippen molar-refractivity contribution in [2.45, 2.75) is 12.8 Å². The van der Waals surface area contributed by atoms with E-state index in [9.17, 15) is 4.79 Å². The maximum atomic E-state index is 10.1. The molecule has 0 aromatic rings. The Balaban J connectivity index is -0.000000171. The fourth-order valence-electron chi connectivity index (χ4n) is 0.565. The van der Waals surface area contributed by atoms with Crippen LogP contribution in [0.5, 0.6) is 0 Å². The van der Waals surface area contributed by atoms with Gasteiger partial charge in [-0.05, 0) is 6.42 Å². The standard InChI is InChI=1S/C4H7NO.3C2H6O2/c6-4-2-1-3-5-4;3*3-1-2-4/h1-3H2,(H,5,6);3*3-4H,1-2H2. The molecule has 1 heterocycles. The van der Waals surface area contributed by atoms with Crippen LogP contribution < -0.4 is 5.32 Å². The number of hydrogen-bond donors (Lipinski definition) is 7. The fraction of sp³-hybridized carbons (Fsp3) is 0.900. The Bertz CT molecular complexity index is 123. The Morgan fingerprint density at radius 1 is 0.778 bits per heavy atom. The number of nitrogens with one attached hydrogen (secondary N) is 1. The van der Waals surface area contributed by atoms with Crippen molar-refractivity contribution in [3.63, 3.8) is 0 Å². The van der Waals surface area contributed by atoms with E-state index in [1.165, 1.54) is 0 Å². The lowest BCUT2D eigenvalue weighted by Gasteiger charge is -1.80. The van der Waals surface area contributed by atoms with E-state index in [1.807, 2.05) is 0 Å². The molecule has 1 rings (SSSR count). The smallest absolute Gasteiger partial charge is 0.220 e. The summed E-state index contributed by atoms with van der Waals surface area (Å²) in [5, 5.41) is 48.4. The first-order valence-electron chi connectivity index (χ1n) is 5.56. The highest BCUT2D eigenvalue weighted by atomic mass is 16.3. The molecule has 0 aromatic carbocycles. The van der Waals surface area contributed by atoms with Crippen LogP contribution >= 0.6 is 0 Å². The molecule has 112 valence electrons. The summed E-state index contributed by atoms with van der Waals surface area (Å²) in [4.78, 5) is 10.1. The van der Waals surface area contributed by atoms with Gasteiger partial charge in [0.05, 0.1) is 39.6 Å². The number of hydrogen-bond acceptors (Lipinski definition) is 7. The van der Waals surface area contributed by atoms with Crippen LogP contribution in [0.25, 0.3) is 0 Å². The molecule has 1 aliphatic rings. The summed E-state index contributed by atoms with van der Waals surface area (Å²) in [7, 11) is 0. The number of rotatable bonds is 3. The maximum Gasteiger partial charge on any atom is 0.220 e. The minimum atomic E-state index is -0.125. The second kappa shape index (κ2) is 25.2. The van der Waals surface area contributed by atoms with Gasteiger partial charge in [-0.2, -0.15) is 0 Å². The lowest BCUT2D eigenvalue weighted by atomic mass is 10.4. The highest BCUT2D eigenvalue weighted by molar-refractivity contribution is 5.77. The molecule has 0 aliphatic carbocycles. The summed E-state index contributed by atoms with van der Waals surface area (Å²) in [6, 6.07) is 0. The number of aliphatic hydroxyl groups excluding tert-OH is 6. The normalized spacial score (nSPS) is 12.0. The average Bonchev–Trinajstić information content (AvgIpc) is 2.90. The highest BCUT2D eigenvalue weighted by Gasteiger charge is 2.05. The van der Waals surface area contributed by atoms with Gasteiger partial charge in [0.1, 0.15) is 0 Å². The first-order chi connectivity index (χ1) is 8.64. The molecule has 7 N–H and O–H groups in total. The van der Waals surface area contributed by atoms with Crippen LogP contribution in [0, 0.1) is 0 Å². The van der Waals surface area contributed by atoms with Gasteiger partial charge in [0.2, 0.25) is 5.91 Å². The van der Waals surface area contributed by atoms with Crippen molar-refractivity contribution < 1.29 is 35.4 Å². The predicted molar refractivity (Wildman–Crippen MR) is 64.8 cm³/mol. The summed E-state index contributed by atoms with van der Waals surface area (Å²) in [6.45, 7) is 0.138. The number of carbonyl (C=O) groups is 1. The van der Waals surface area contributed by atoms with Crippen molar-refractivity contribution in [2.75, 3.05) is 46.2 Å². The molecule has 1 amide bonds. The minimum absolute atomic E-state index is 0.125. The minimum Gasteiger partial charge on any atom is -0.394 e. The van der Waals surface area contributed by atoms with E-state index in [1.54, 1.807) is 0 Å². The molecule has 0 spiro atoms. The molecule has 1 aliphatic heterocycles. The number of amides is 1. The SMILES string of the molecule is O=C1CCCN1.OCCO.OCCO.OCCO. The van der Waals surface area contributed by atoms with Crippen LogP contribution in [0.4, 0.5) is 0 Å². The Labute approximate surface area is 107 Å². The van der Waals surface area contributed by atoms with Crippen LogP contribution in [0.3, 0.4) is 0 Å². The zero-order valence-electron chi connectivity index (χ0n) is 10.5. The molecule has 0 saturated carbocycles. The van der Waals surface area contributed by atoms with E-state index in [0.717, 1.165) is 19.4 Å². The van der Waals surface area contributed by atoms with Gasteiger partial charge >= 0.3 is 0 Å². The zero-order chi connectivity index (χ0) is 14.6. The molecule has 18 heavy (non-hydrogen) atoms. The van der Waals surface area contributed by atoms with Crippen molar-refractivity contribution >= 4 is 5.91 Å². The topological polar surface area (TPSA) is 150 Å². The summed E-state index contributed by atoms with van der Waals surface area (Å²) in [6.07, 6.45) is 1.76. The van der Waals surface area contributed by atoms with E-state index in [4.69, 9.17) is 30.6 Å². The van der Waals surface area contributed by atoms with Crippen LogP contribution in [0.15, 0.2) is 0 Å². The molecule has 8 nitrogen and oxygen atoms in total. The van der Waals surface area contributed by atoms with E-state index in [2.05, 4.69) is 5.32 Å². The van der Waals surface area contributed by atoms with Crippen molar-refractivity contribution in [1.82, 2.24) is 5.32 Å². The second-order valence-corrected chi connectivity index (χ2v) is 2.80. The summed E-state index contributed by atoms with van der Waals surface area (Å²) < 4.78 is 0. The van der Waals surface area contributed by atoms with E-state index < -0.39 is 0 Å². The largest absolute Gasteiger partial charge is 0.394 e. The van der Waals surface area contributed by atoms with Gasteiger partial charge in [-0.1, -0.05) is 0 Å². The van der Waals surface area contributed by atoms with Crippen molar-refractivity contribution in [1.29, 1.82) is 0 Å². The Morgan fingerprint density at radius 2 is 1.11 bits per heavy atom. The monoisotopic (exact) mass is 271 g/mol. The van der Waals surface area contributed by atoms with Gasteiger partial charge in [0, 0.05) is 13.0 Å². The Morgan fingerprint density at radius 3 is 1.17 bits per heavy atom. The van der Waals surface area contributed by atoms with Gasteiger partial charge in [0.15, 0.2) is 0 Å². The van der Waals surface area contributed by atoms with Gasteiger partial charge in [0.25, 0.3) is 0 Å². The molecule has 0 unspecified atom stereocenters. The van der Waals surface area contributed by atoms with E-state index in [0.29, 0.717) is 0 Å². The quantitative estimate of drug-likeness (QED) is 0.286. The van der Waals surface area contributed by atoms with E-state index >= 15 is 0 Å². The second-order valence-electron chi connectivity index (χ2n) is 2.80. The first kappa shape index (κ1) is 22.4. The molecule has 0 radical (unpaired) electrons. The van der Waals surface area contributed by atoms with Gasteiger partial charge in [-0.3, -0.25) is 4.79 Å². The highest BCUT2D eigenvalue weighted by Crippen LogP contribution is 1.93. The van der Waals surface area contributed by atoms with Crippen molar-refractivity contribution in [2.24, 2.45) is 0 Å². The zero-order valence-corrected chi connectivity index (χ0v) is 10.5. The van der Waals surface area contributed by atoms with Crippen LogP contribution in [0.1, 0.15) is 12.8 Å². The first-order valence-corrected chi connectivity index (χ1v) is 5.56.